The van der Waals surface area contributed by atoms with E-state index < -0.39 is 0 Å². The highest BCUT2D eigenvalue weighted by atomic mass is 16.3. The molecule has 3 heteroatoms. The number of benzene rings is 8. The molecule has 0 unspecified atom stereocenters. The van der Waals surface area contributed by atoms with E-state index in [-0.39, 0.29) is 0 Å². The Kier molecular flexibility index (Phi) is 7.87. The topological polar surface area (TPSA) is 29.5 Å². The zero-order valence-electron chi connectivity index (χ0n) is 31.8. The van der Waals surface area contributed by atoms with E-state index in [1.54, 1.807) is 0 Å². The van der Waals surface area contributed by atoms with Crippen LogP contribution in [0.5, 0.6) is 0 Å². The van der Waals surface area contributed by atoms with Crippen LogP contribution in [-0.2, 0) is 6.42 Å². The lowest BCUT2D eigenvalue weighted by atomic mass is 9.92. The van der Waals surface area contributed by atoms with Gasteiger partial charge in [-0.05, 0) is 104 Å². The van der Waals surface area contributed by atoms with Crippen LogP contribution in [0.25, 0.3) is 90.2 Å². The Bertz CT molecular complexity index is 3420. The third-order valence-electron chi connectivity index (χ3n) is 11.7. The quantitative estimate of drug-likeness (QED) is 0.163. The van der Waals surface area contributed by atoms with Crippen LogP contribution in [0.15, 0.2) is 186 Å². The summed E-state index contributed by atoms with van der Waals surface area (Å²) in [5, 5.41) is 8.05. The summed E-state index contributed by atoms with van der Waals surface area (Å²) in [6.07, 6.45) is 9.12. The molecule has 58 heavy (non-hydrogen) atoms. The first-order valence-corrected chi connectivity index (χ1v) is 19.7. The van der Waals surface area contributed by atoms with Gasteiger partial charge in [0.2, 0.25) is 0 Å². The molecule has 0 bridgehead atoms. The van der Waals surface area contributed by atoms with Gasteiger partial charge < -0.3 is 13.7 Å². The molecule has 10 aromatic rings. The first-order valence-electron chi connectivity index (χ1n) is 19.7. The van der Waals surface area contributed by atoms with Gasteiger partial charge in [-0.2, -0.15) is 0 Å². The van der Waals surface area contributed by atoms with Crippen LogP contribution >= 0.6 is 0 Å². The third kappa shape index (κ3) is 5.36. The van der Waals surface area contributed by atoms with Crippen LogP contribution in [0.2, 0.25) is 0 Å². The summed E-state index contributed by atoms with van der Waals surface area (Å²) in [7, 11) is 0. The van der Waals surface area contributed by atoms with Crippen molar-refractivity contribution in [3.63, 3.8) is 0 Å². The second-order valence-electron chi connectivity index (χ2n) is 14.9. The Labute approximate surface area is 336 Å². The minimum Gasteiger partial charge on any atom is -0.460 e. The van der Waals surface area contributed by atoms with E-state index in [1.807, 2.05) is 24.3 Å². The lowest BCUT2D eigenvalue weighted by Gasteiger charge is -2.28. The molecule has 274 valence electrons. The van der Waals surface area contributed by atoms with Gasteiger partial charge in [0.05, 0.1) is 5.69 Å². The molecular formula is C55H37NO2. The summed E-state index contributed by atoms with van der Waals surface area (Å²) >= 11 is 0. The fourth-order valence-corrected chi connectivity index (χ4v) is 8.96. The predicted molar refractivity (Wildman–Crippen MR) is 244 cm³/mol. The highest BCUT2D eigenvalue weighted by Gasteiger charge is 2.23. The van der Waals surface area contributed by atoms with Crippen molar-refractivity contribution >= 4 is 85.0 Å². The van der Waals surface area contributed by atoms with Gasteiger partial charge in [-0.15, -0.1) is 0 Å². The Hall–Kier alpha value is -7.62. The standard InChI is InChI=1S/C55H37NO2/c1-3-35-25-30-44-42(17-11-18-43(44)41(35)4-2)37-23-27-39(28-24-37)56(40-29-32-52-48(34-40)46-16-8-10-21-51(46)57-52)50-20-9-7-15-45(50)47-19-12-22-54-55(47)49-33-38-14-6-5-13-36(38)26-31-53(49)58-54/h3-30,32-34H,1-2,31H2. The molecule has 0 fully saturated rings. The van der Waals surface area contributed by atoms with Gasteiger partial charge in [-0.25, -0.2) is 0 Å². The molecule has 0 N–H and O–H groups in total. The van der Waals surface area contributed by atoms with Crippen molar-refractivity contribution in [2.24, 2.45) is 0 Å². The molecule has 0 radical (unpaired) electrons. The summed E-state index contributed by atoms with van der Waals surface area (Å²) < 4.78 is 12.9. The second kappa shape index (κ2) is 13.5. The maximum Gasteiger partial charge on any atom is 0.135 e. The SMILES string of the molecule is C=Cc1ccc2c(-c3ccc(N(c4ccc5oc6ccccc6c5c4)c4ccccc4-c4cccc5oc6c(c45)C=c4ccccc4=CC6)cc3)cccc2c1C=C. The average molecular weight is 744 g/mol. The molecule has 3 nitrogen and oxygen atoms in total. The minimum atomic E-state index is 0.733. The minimum absolute atomic E-state index is 0.733. The van der Waals surface area contributed by atoms with Crippen molar-refractivity contribution in [2.75, 3.05) is 4.90 Å². The average Bonchev–Trinajstić information content (AvgIpc) is 3.77. The zero-order chi connectivity index (χ0) is 38.7. The number of nitrogens with zero attached hydrogens (tertiary/aromatic N) is 1. The molecule has 0 aliphatic heterocycles. The number of hydrogen-bond acceptors (Lipinski definition) is 3. The van der Waals surface area contributed by atoms with E-state index >= 15 is 0 Å². The highest BCUT2D eigenvalue weighted by Crippen LogP contribution is 2.46. The molecule has 11 rings (SSSR count). The molecule has 0 amide bonds. The second-order valence-corrected chi connectivity index (χ2v) is 14.9. The summed E-state index contributed by atoms with van der Waals surface area (Å²) in [5.74, 6) is 0.982. The van der Waals surface area contributed by atoms with Crippen molar-refractivity contribution in [3.05, 3.63) is 210 Å². The van der Waals surface area contributed by atoms with E-state index in [4.69, 9.17) is 8.83 Å². The van der Waals surface area contributed by atoms with E-state index in [1.165, 1.54) is 21.4 Å². The van der Waals surface area contributed by atoms with Gasteiger partial charge in [0.15, 0.2) is 0 Å². The van der Waals surface area contributed by atoms with E-state index in [9.17, 15) is 0 Å². The van der Waals surface area contributed by atoms with E-state index in [2.05, 4.69) is 182 Å². The molecule has 0 atom stereocenters. The van der Waals surface area contributed by atoms with Crippen molar-refractivity contribution in [2.45, 2.75) is 6.42 Å². The summed E-state index contributed by atoms with van der Waals surface area (Å²) in [4.78, 5) is 2.37. The molecule has 8 aromatic carbocycles. The number of anilines is 3. The van der Waals surface area contributed by atoms with Crippen LogP contribution < -0.4 is 15.3 Å². The predicted octanol–water partition coefficient (Wildman–Crippen LogP) is 13.7. The van der Waals surface area contributed by atoms with Gasteiger partial charge in [0.1, 0.15) is 22.5 Å². The maximum atomic E-state index is 6.63. The maximum absolute atomic E-state index is 6.63. The Morgan fingerprint density at radius 3 is 2.09 bits per heavy atom. The molecule has 0 spiro atoms. The number of fused-ring (bicyclic) bond motifs is 8. The highest BCUT2D eigenvalue weighted by molar-refractivity contribution is 6.08. The van der Waals surface area contributed by atoms with Gasteiger partial charge in [0, 0.05) is 45.1 Å². The normalized spacial score (nSPS) is 12.1. The van der Waals surface area contributed by atoms with Gasteiger partial charge in [-0.1, -0.05) is 147 Å². The van der Waals surface area contributed by atoms with E-state index in [0.29, 0.717) is 0 Å². The largest absolute Gasteiger partial charge is 0.460 e. The first-order chi connectivity index (χ1) is 28.7. The number of furan rings is 2. The smallest absolute Gasteiger partial charge is 0.135 e. The van der Waals surface area contributed by atoms with Gasteiger partial charge in [0.25, 0.3) is 0 Å². The number of hydrogen-bond donors (Lipinski definition) is 0. The summed E-state index contributed by atoms with van der Waals surface area (Å²) in [6, 6.07) is 58.3. The molecule has 0 saturated carbocycles. The molecule has 0 saturated heterocycles. The van der Waals surface area contributed by atoms with Crippen LogP contribution in [0.4, 0.5) is 17.1 Å². The lowest BCUT2D eigenvalue weighted by Crippen LogP contribution is -2.22. The fourth-order valence-electron chi connectivity index (χ4n) is 8.96. The summed E-state index contributed by atoms with van der Waals surface area (Å²) in [5.41, 5.74) is 13.6. The third-order valence-corrected chi connectivity index (χ3v) is 11.7. The van der Waals surface area contributed by atoms with Crippen LogP contribution in [0.3, 0.4) is 0 Å². The van der Waals surface area contributed by atoms with Crippen LogP contribution in [0.1, 0.15) is 22.5 Å². The molecule has 1 aliphatic carbocycles. The fraction of sp³-hybridized carbons (Fsp3) is 0.0182. The summed E-state index contributed by atoms with van der Waals surface area (Å²) in [6.45, 7) is 8.16. The number of para-hydroxylation sites is 2. The Balaban J connectivity index is 1.12. The van der Waals surface area contributed by atoms with Crippen LogP contribution in [-0.4, -0.2) is 0 Å². The molecular weight excluding hydrogens is 707 g/mol. The number of rotatable bonds is 7. The van der Waals surface area contributed by atoms with Crippen LogP contribution in [0, 0.1) is 0 Å². The lowest BCUT2D eigenvalue weighted by molar-refractivity contribution is 0.568. The van der Waals surface area contributed by atoms with Gasteiger partial charge >= 0.3 is 0 Å². The van der Waals surface area contributed by atoms with Crippen molar-refractivity contribution < 1.29 is 8.83 Å². The molecule has 1 aliphatic rings. The monoisotopic (exact) mass is 743 g/mol. The van der Waals surface area contributed by atoms with Crippen molar-refractivity contribution in [3.8, 4) is 22.3 Å². The molecule has 2 heterocycles. The van der Waals surface area contributed by atoms with Crippen molar-refractivity contribution in [1.82, 2.24) is 0 Å². The van der Waals surface area contributed by atoms with Gasteiger partial charge in [-0.3, -0.25) is 0 Å². The van der Waals surface area contributed by atoms with Crippen molar-refractivity contribution in [1.29, 1.82) is 0 Å². The molecule has 2 aromatic heterocycles. The van der Waals surface area contributed by atoms with E-state index in [0.717, 1.165) is 101 Å². The first kappa shape index (κ1) is 33.7. The zero-order valence-corrected chi connectivity index (χ0v) is 31.8. The Morgan fingerprint density at radius 2 is 1.21 bits per heavy atom. The Morgan fingerprint density at radius 1 is 0.500 bits per heavy atom.